The second-order valence-corrected chi connectivity index (χ2v) is 3.95. The van der Waals surface area contributed by atoms with Gasteiger partial charge in [0, 0.05) is 31.5 Å². The van der Waals surface area contributed by atoms with Gasteiger partial charge >= 0.3 is 0 Å². The first-order valence-corrected chi connectivity index (χ1v) is 5.13. The molecule has 0 saturated carbocycles. The summed E-state index contributed by atoms with van der Waals surface area (Å²) in [7, 11) is 0. The molecular formula is C10H17N3O. The first-order valence-electron chi connectivity index (χ1n) is 5.13. The normalized spacial score (nSPS) is 18.6. The third-order valence-electron chi connectivity index (χ3n) is 2.77. The Morgan fingerprint density at radius 3 is 2.86 bits per heavy atom. The number of hydrogen-bond donors (Lipinski definition) is 1. The van der Waals surface area contributed by atoms with E-state index in [0.29, 0.717) is 11.7 Å². The standard InChI is InChI=1S/C10H17N3O/c1-8-6-10(11)12-13(8)7-9-2-4-14-5-3-9/h6,9H,2-5,7H2,1H3,(H2,11,12). The van der Waals surface area contributed by atoms with E-state index in [9.17, 15) is 0 Å². The van der Waals surface area contributed by atoms with Crippen molar-refractivity contribution in [2.45, 2.75) is 26.3 Å². The predicted octanol–water partition coefficient (Wildman–Crippen LogP) is 1.20. The van der Waals surface area contributed by atoms with E-state index in [0.717, 1.165) is 38.3 Å². The summed E-state index contributed by atoms with van der Waals surface area (Å²) in [5.74, 6) is 1.32. The second kappa shape index (κ2) is 4.00. The van der Waals surface area contributed by atoms with Crippen molar-refractivity contribution in [3.63, 3.8) is 0 Å². The number of rotatable bonds is 2. The molecule has 4 nitrogen and oxygen atoms in total. The van der Waals surface area contributed by atoms with Crippen LogP contribution in [0, 0.1) is 12.8 Å². The Morgan fingerprint density at radius 1 is 1.57 bits per heavy atom. The molecule has 1 aliphatic rings. The molecule has 1 aromatic heterocycles. The minimum atomic E-state index is 0.620. The lowest BCUT2D eigenvalue weighted by Crippen LogP contribution is -2.21. The molecule has 1 aromatic rings. The van der Waals surface area contributed by atoms with Gasteiger partial charge in [-0.05, 0) is 25.7 Å². The molecule has 0 bridgehead atoms. The number of nitrogens with two attached hydrogens (primary N) is 1. The van der Waals surface area contributed by atoms with Gasteiger partial charge in [0.05, 0.1) is 0 Å². The highest BCUT2D eigenvalue weighted by Crippen LogP contribution is 2.18. The minimum Gasteiger partial charge on any atom is -0.382 e. The molecule has 4 heteroatoms. The van der Waals surface area contributed by atoms with Crippen LogP contribution >= 0.6 is 0 Å². The summed E-state index contributed by atoms with van der Waals surface area (Å²) in [6, 6.07) is 1.92. The van der Waals surface area contributed by atoms with Gasteiger partial charge in [-0.2, -0.15) is 5.10 Å². The van der Waals surface area contributed by atoms with E-state index in [1.54, 1.807) is 0 Å². The molecule has 1 fully saturated rings. The lowest BCUT2D eigenvalue weighted by Gasteiger charge is -2.22. The second-order valence-electron chi connectivity index (χ2n) is 3.95. The predicted molar refractivity (Wildman–Crippen MR) is 54.9 cm³/mol. The van der Waals surface area contributed by atoms with Gasteiger partial charge in [0.15, 0.2) is 0 Å². The Kier molecular flexibility index (Phi) is 2.72. The van der Waals surface area contributed by atoms with Crippen LogP contribution in [0.25, 0.3) is 0 Å². The van der Waals surface area contributed by atoms with E-state index in [-0.39, 0.29) is 0 Å². The maximum atomic E-state index is 5.63. The van der Waals surface area contributed by atoms with Gasteiger partial charge in [0.1, 0.15) is 5.82 Å². The summed E-state index contributed by atoms with van der Waals surface area (Å²) < 4.78 is 7.32. The van der Waals surface area contributed by atoms with Crippen molar-refractivity contribution in [1.82, 2.24) is 9.78 Å². The minimum absolute atomic E-state index is 0.620. The third-order valence-corrected chi connectivity index (χ3v) is 2.77. The highest BCUT2D eigenvalue weighted by Gasteiger charge is 2.15. The van der Waals surface area contributed by atoms with Crippen LogP contribution in [0.1, 0.15) is 18.5 Å². The molecule has 78 valence electrons. The zero-order chi connectivity index (χ0) is 9.97. The van der Waals surface area contributed by atoms with Crippen LogP contribution in [0.2, 0.25) is 0 Å². The van der Waals surface area contributed by atoms with Crippen molar-refractivity contribution in [1.29, 1.82) is 0 Å². The molecule has 0 aromatic carbocycles. The first kappa shape index (κ1) is 9.52. The summed E-state index contributed by atoms with van der Waals surface area (Å²) in [5.41, 5.74) is 6.78. The third kappa shape index (κ3) is 2.07. The Hall–Kier alpha value is -1.03. The largest absolute Gasteiger partial charge is 0.382 e. The van der Waals surface area contributed by atoms with Gasteiger partial charge in [0.25, 0.3) is 0 Å². The van der Waals surface area contributed by atoms with Gasteiger partial charge in [-0.1, -0.05) is 0 Å². The summed E-state index contributed by atoms with van der Waals surface area (Å²) in [5, 5.41) is 4.26. The number of anilines is 1. The van der Waals surface area contributed by atoms with Crippen LogP contribution < -0.4 is 5.73 Å². The van der Waals surface area contributed by atoms with Crippen molar-refractivity contribution < 1.29 is 4.74 Å². The van der Waals surface area contributed by atoms with Gasteiger partial charge in [0.2, 0.25) is 0 Å². The summed E-state index contributed by atoms with van der Waals surface area (Å²) in [6.07, 6.45) is 2.28. The quantitative estimate of drug-likeness (QED) is 0.771. The fourth-order valence-electron chi connectivity index (χ4n) is 1.89. The Bertz CT molecular complexity index is 302. The van der Waals surface area contributed by atoms with E-state index in [4.69, 9.17) is 10.5 Å². The van der Waals surface area contributed by atoms with Gasteiger partial charge < -0.3 is 10.5 Å². The topological polar surface area (TPSA) is 53.1 Å². The van der Waals surface area contributed by atoms with Crippen LogP contribution in [0.4, 0.5) is 5.82 Å². The summed E-state index contributed by atoms with van der Waals surface area (Å²) >= 11 is 0. The highest BCUT2D eigenvalue weighted by atomic mass is 16.5. The molecule has 2 N–H and O–H groups in total. The number of hydrogen-bond acceptors (Lipinski definition) is 3. The Balaban J connectivity index is 1.98. The monoisotopic (exact) mass is 195 g/mol. The Labute approximate surface area is 84.0 Å². The van der Waals surface area contributed by atoms with Gasteiger partial charge in [-0.3, -0.25) is 4.68 Å². The fourth-order valence-corrected chi connectivity index (χ4v) is 1.89. The fraction of sp³-hybridized carbons (Fsp3) is 0.700. The van der Waals surface area contributed by atoms with Crippen LogP contribution in [-0.2, 0) is 11.3 Å². The van der Waals surface area contributed by atoms with E-state index in [1.165, 1.54) is 0 Å². The Morgan fingerprint density at radius 2 is 2.29 bits per heavy atom. The molecule has 1 saturated heterocycles. The number of ether oxygens (including phenoxy) is 1. The van der Waals surface area contributed by atoms with Crippen LogP contribution in [0.3, 0.4) is 0 Å². The van der Waals surface area contributed by atoms with Crippen LogP contribution in [0.5, 0.6) is 0 Å². The summed E-state index contributed by atoms with van der Waals surface area (Å²) in [4.78, 5) is 0. The van der Waals surface area contributed by atoms with Crippen molar-refractivity contribution in [3.8, 4) is 0 Å². The van der Waals surface area contributed by atoms with Crippen LogP contribution in [0.15, 0.2) is 6.07 Å². The molecule has 14 heavy (non-hydrogen) atoms. The van der Waals surface area contributed by atoms with Gasteiger partial charge in [-0.15, -0.1) is 0 Å². The lowest BCUT2D eigenvalue weighted by atomic mass is 10.0. The van der Waals surface area contributed by atoms with Crippen LogP contribution in [-0.4, -0.2) is 23.0 Å². The van der Waals surface area contributed by atoms with Crippen molar-refractivity contribution in [2.24, 2.45) is 5.92 Å². The maximum absolute atomic E-state index is 5.63. The van der Waals surface area contributed by atoms with E-state index >= 15 is 0 Å². The number of nitrogens with zero attached hydrogens (tertiary/aromatic N) is 2. The lowest BCUT2D eigenvalue weighted by molar-refractivity contribution is 0.0600. The average Bonchev–Trinajstić information content (AvgIpc) is 2.47. The molecular weight excluding hydrogens is 178 g/mol. The zero-order valence-electron chi connectivity index (χ0n) is 8.57. The molecule has 0 spiro atoms. The SMILES string of the molecule is Cc1cc(N)nn1CC1CCOCC1. The summed E-state index contributed by atoms with van der Waals surface area (Å²) in [6.45, 7) is 4.80. The number of nitrogen functional groups attached to an aromatic ring is 1. The first-order chi connectivity index (χ1) is 6.75. The molecule has 0 amide bonds. The molecule has 1 aliphatic heterocycles. The van der Waals surface area contributed by atoms with E-state index in [2.05, 4.69) is 5.10 Å². The molecule has 0 atom stereocenters. The van der Waals surface area contributed by atoms with Crippen molar-refractivity contribution in [2.75, 3.05) is 18.9 Å². The number of aromatic nitrogens is 2. The molecule has 0 unspecified atom stereocenters. The number of aryl methyl sites for hydroxylation is 1. The van der Waals surface area contributed by atoms with Crippen molar-refractivity contribution >= 4 is 5.82 Å². The van der Waals surface area contributed by atoms with Crippen molar-refractivity contribution in [3.05, 3.63) is 11.8 Å². The van der Waals surface area contributed by atoms with E-state index < -0.39 is 0 Å². The maximum Gasteiger partial charge on any atom is 0.145 e. The zero-order valence-corrected chi connectivity index (χ0v) is 8.57. The molecule has 0 aliphatic carbocycles. The van der Waals surface area contributed by atoms with Gasteiger partial charge in [-0.25, -0.2) is 0 Å². The smallest absolute Gasteiger partial charge is 0.145 e. The molecule has 2 heterocycles. The molecule has 2 rings (SSSR count). The average molecular weight is 195 g/mol. The molecule has 0 radical (unpaired) electrons. The highest BCUT2D eigenvalue weighted by molar-refractivity contribution is 5.28. The van der Waals surface area contributed by atoms with E-state index in [1.807, 2.05) is 17.7 Å².